The number of imidazole rings is 1. The fraction of sp³-hybridized carbons (Fsp3) is 0.375. The molecule has 0 saturated heterocycles. The molecule has 0 amide bonds. The average Bonchev–Trinajstić information content (AvgIpc) is 2.60. The van der Waals surface area contributed by atoms with Crippen LogP contribution < -0.4 is 10.6 Å². The van der Waals surface area contributed by atoms with E-state index in [2.05, 4.69) is 19.9 Å². The molecule has 2 rings (SSSR count). The lowest BCUT2D eigenvalue weighted by atomic mass is 10.4. The van der Waals surface area contributed by atoms with E-state index in [1.165, 1.54) is 13.4 Å². The lowest BCUT2D eigenvalue weighted by Gasteiger charge is -2.20. The van der Waals surface area contributed by atoms with E-state index >= 15 is 0 Å². The molecule has 6 nitrogen and oxygen atoms in total. The lowest BCUT2D eigenvalue weighted by molar-refractivity contribution is -0.119. The Kier molecular flexibility index (Phi) is 2.52. The zero-order valence-corrected chi connectivity index (χ0v) is 8.78. The maximum absolute atomic E-state index is 12.3. The molecule has 2 aromatic rings. The van der Waals surface area contributed by atoms with Crippen LogP contribution >= 0.6 is 0 Å². The molecule has 92 valence electrons. The van der Waals surface area contributed by atoms with Gasteiger partial charge in [-0.2, -0.15) is 23.1 Å². The van der Waals surface area contributed by atoms with Gasteiger partial charge in [0.1, 0.15) is 12.1 Å². The normalized spacial score (nSPS) is 12.0. The van der Waals surface area contributed by atoms with Crippen LogP contribution in [-0.4, -0.2) is 39.7 Å². The van der Waals surface area contributed by atoms with Gasteiger partial charge in [0.25, 0.3) is 0 Å². The van der Waals surface area contributed by atoms with Crippen LogP contribution in [0, 0.1) is 0 Å². The number of fused-ring (bicyclic) bond motifs is 1. The van der Waals surface area contributed by atoms with Gasteiger partial charge in [0, 0.05) is 7.05 Å². The topological polar surface area (TPSA) is 83.7 Å². The molecule has 0 unspecified atom stereocenters. The van der Waals surface area contributed by atoms with Gasteiger partial charge in [0.15, 0.2) is 11.5 Å². The predicted octanol–water partition coefficient (Wildman–Crippen LogP) is 0.934. The van der Waals surface area contributed by atoms with Crippen molar-refractivity contribution in [3.05, 3.63) is 6.33 Å². The van der Waals surface area contributed by atoms with E-state index in [4.69, 9.17) is 5.73 Å². The van der Waals surface area contributed by atoms with Gasteiger partial charge in [-0.25, -0.2) is 4.98 Å². The third kappa shape index (κ3) is 2.37. The molecule has 0 aliphatic rings. The summed E-state index contributed by atoms with van der Waals surface area (Å²) in [6.07, 6.45) is -3.00. The number of halogens is 3. The van der Waals surface area contributed by atoms with E-state index in [1.54, 1.807) is 0 Å². The number of alkyl halides is 3. The monoisotopic (exact) mass is 246 g/mol. The van der Waals surface area contributed by atoms with Crippen molar-refractivity contribution < 1.29 is 13.2 Å². The minimum absolute atomic E-state index is 0.0716. The first kappa shape index (κ1) is 11.4. The molecule has 0 radical (unpaired) electrons. The summed E-state index contributed by atoms with van der Waals surface area (Å²) in [4.78, 5) is 15.0. The SMILES string of the molecule is CN(CC(F)(F)F)c1nc(N)nc2nc[nH]c12. The Bertz CT molecular complexity index is 534. The van der Waals surface area contributed by atoms with E-state index in [9.17, 15) is 13.2 Å². The molecule has 0 aliphatic heterocycles. The number of hydrogen-bond donors (Lipinski definition) is 2. The lowest BCUT2D eigenvalue weighted by Crippen LogP contribution is -2.31. The van der Waals surface area contributed by atoms with Crippen LogP contribution in [0.25, 0.3) is 11.2 Å². The van der Waals surface area contributed by atoms with Crippen molar-refractivity contribution in [1.82, 2.24) is 19.9 Å². The summed E-state index contributed by atoms with van der Waals surface area (Å²) in [6.45, 7) is -1.13. The molecular formula is C8H9F3N6. The summed E-state index contributed by atoms with van der Waals surface area (Å²) in [5.41, 5.74) is 5.96. The fourth-order valence-electron chi connectivity index (χ4n) is 1.45. The van der Waals surface area contributed by atoms with E-state index in [-0.39, 0.29) is 17.4 Å². The standard InChI is InChI=1S/C8H9F3N6/c1-17(2-8(9,10)11)6-4-5(14-3-13-4)15-7(12)16-6/h3H,2H2,1H3,(H3,12,13,14,15,16). The third-order valence-electron chi connectivity index (χ3n) is 2.06. The summed E-state index contributed by atoms with van der Waals surface area (Å²) in [5.74, 6) is -0.0454. The number of anilines is 2. The molecule has 17 heavy (non-hydrogen) atoms. The van der Waals surface area contributed by atoms with Crippen molar-refractivity contribution in [2.24, 2.45) is 0 Å². The second-order valence-electron chi connectivity index (χ2n) is 3.48. The van der Waals surface area contributed by atoms with Crippen LogP contribution in [-0.2, 0) is 0 Å². The summed E-state index contributed by atoms with van der Waals surface area (Å²) >= 11 is 0. The molecule has 0 spiro atoms. The minimum Gasteiger partial charge on any atom is -0.368 e. The van der Waals surface area contributed by atoms with Crippen molar-refractivity contribution in [3.8, 4) is 0 Å². The van der Waals surface area contributed by atoms with Gasteiger partial charge in [-0.3, -0.25) is 0 Å². The molecular weight excluding hydrogens is 237 g/mol. The Labute approximate surface area is 93.7 Å². The summed E-state index contributed by atoms with van der Waals surface area (Å²) < 4.78 is 36.8. The molecule has 0 aliphatic carbocycles. The molecule has 0 atom stereocenters. The first-order valence-corrected chi connectivity index (χ1v) is 4.61. The number of rotatable bonds is 2. The quantitative estimate of drug-likeness (QED) is 0.823. The molecule has 3 N–H and O–H groups in total. The van der Waals surface area contributed by atoms with Crippen molar-refractivity contribution in [1.29, 1.82) is 0 Å². The second-order valence-corrected chi connectivity index (χ2v) is 3.48. The van der Waals surface area contributed by atoms with Gasteiger partial charge in [0.05, 0.1) is 6.33 Å². The highest BCUT2D eigenvalue weighted by Gasteiger charge is 2.30. The Morgan fingerprint density at radius 2 is 2.12 bits per heavy atom. The largest absolute Gasteiger partial charge is 0.405 e. The second kappa shape index (κ2) is 3.75. The third-order valence-corrected chi connectivity index (χ3v) is 2.06. The predicted molar refractivity (Wildman–Crippen MR) is 55.4 cm³/mol. The Morgan fingerprint density at radius 3 is 2.76 bits per heavy atom. The van der Waals surface area contributed by atoms with Gasteiger partial charge in [-0.1, -0.05) is 0 Å². The Morgan fingerprint density at radius 1 is 1.41 bits per heavy atom. The molecule has 0 aromatic carbocycles. The van der Waals surface area contributed by atoms with Crippen molar-refractivity contribution in [2.45, 2.75) is 6.18 Å². The first-order valence-electron chi connectivity index (χ1n) is 4.61. The highest BCUT2D eigenvalue weighted by atomic mass is 19.4. The van der Waals surface area contributed by atoms with Gasteiger partial charge < -0.3 is 15.6 Å². The highest BCUT2D eigenvalue weighted by Crippen LogP contribution is 2.24. The maximum Gasteiger partial charge on any atom is 0.405 e. The van der Waals surface area contributed by atoms with Crippen LogP contribution in [0.4, 0.5) is 24.9 Å². The van der Waals surface area contributed by atoms with Gasteiger partial charge in [0.2, 0.25) is 5.95 Å². The zero-order chi connectivity index (χ0) is 12.6. The van der Waals surface area contributed by atoms with Crippen LogP contribution in [0.2, 0.25) is 0 Å². The molecule has 0 saturated carbocycles. The minimum atomic E-state index is -4.32. The van der Waals surface area contributed by atoms with Gasteiger partial charge >= 0.3 is 6.18 Å². The van der Waals surface area contributed by atoms with Crippen LogP contribution in [0.3, 0.4) is 0 Å². The summed E-state index contributed by atoms with van der Waals surface area (Å²) in [5, 5.41) is 0. The van der Waals surface area contributed by atoms with Crippen LogP contribution in [0.15, 0.2) is 6.33 Å². The van der Waals surface area contributed by atoms with Crippen LogP contribution in [0.1, 0.15) is 0 Å². The maximum atomic E-state index is 12.3. The number of hydrogen-bond acceptors (Lipinski definition) is 5. The molecule has 0 fully saturated rings. The van der Waals surface area contributed by atoms with Crippen LogP contribution in [0.5, 0.6) is 0 Å². The molecule has 9 heteroatoms. The Balaban J connectivity index is 2.43. The first-order chi connectivity index (χ1) is 7.87. The number of nitrogens with zero attached hydrogens (tertiary/aromatic N) is 4. The number of aromatic nitrogens is 4. The average molecular weight is 246 g/mol. The number of nitrogen functional groups attached to an aromatic ring is 1. The summed E-state index contributed by atoms with van der Waals surface area (Å²) in [6, 6.07) is 0. The van der Waals surface area contributed by atoms with E-state index in [0.717, 1.165) is 4.90 Å². The molecule has 0 bridgehead atoms. The number of H-pyrrole nitrogens is 1. The van der Waals surface area contributed by atoms with E-state index < -0.39 is 12.7 Å². The number of aromatic amines is 1. The van der Waals surface area contributed by atoms with Crippen molar-refractivity contribution >= 4 is 22.9 Å². The summed E-state index contributed by atoms with van der Waals surface area (Å²) in [7, 11) is 1.27. The number of nitrogens with one attached hydrogen (secondary N) is 1. The van der Waals surface area contributed by atoms with Crippen molar-refractivity contribution in [2.75, 3.05) is 24.2 Å². The van der Waals surface area contributed by atoms with E-state index in [0.29, 0.717) is 5.52 Å². The highest BCUT2D eigenvalue weighted by molar-refractivity contribution is 5.83. The Hall–Kier alpha value is -2.06. The van der Waals surface area contributed by atoms with E-state index in [1.807, 2.05) is 0 Å². The smallest absolute Gasteiger partial charge is 0.368 e. The van der Waals surface area contributed by atoms with Gasteiger partial charge in [-0.15, -0.1) is 0 Å². The zero-order valence-electron chi connectivity index (χ0n) is 8.78. The molecule has 2 heterocycles. The van der Waals surface area contributed by atoms with Gasteiger partial charge in [-0.05, 0) is 0 Å². The van der Waals surface area contributed by atoms with Crippen molar-refractivity contribution in [3.63, 3.8) is 0 Å². The molecule has 2 aromatic heterocycles. The fourth-order valence-corrected chi connectivity index (χ4v) is 1.45. The number of nitrogens with two attached hydrogens (primary N) is 1.